The standard InChI is InChI=1S/C20H14F2N4O3S/c21-14-5-3-13(4-6-14)12-24-19(27)20-25-26(16-9-7-15(22)8-10-16)18-17(30(20,28)29)2-1-11-23-18/h1-11H,12H2,(H,24,27). The number of pyridine rings is 1. The summed E-state index contributed by atoms with van der Waals surface area (Å²) in [6.07, 6.45) is 1.39. The average molecular weight is 428 g/mol. The van der Waals surface area contributed by atoms with Gasteiger partial charge in [0.15, 0.2) is 5.82 Å². The lowest BCUT2D eigenvalue weighted by atomic mass is 10.2. The monoisotopic (exact) mass is 428 g/mol. The molecule has 152 valence electrons. The van der Waals surface area contributed by atoms with E-state index in [0.29, 0.717) is 11.3 Å². The van der Waals surface area contributed by atoms with Gasteiger partial charge in [-0.25, -0.2) is 27.2 Å². The van der Waals surface area contributed by atoms with Crippen molar-refractivity contribution in [2.45, 2.75) is 11.4 Å². The molecule has 3 aromatic rings. The predicted octanol–water partition coefficient (Wildman–Crippen LogP) is 2.92. The zero-order chi connectivity index (χ0) is 21.3. The van der Waals surface area contributed by atoms with E-state index in [-0.39, 0.29) is 17.3 Å². The molecule has 0 saturated carbocycles. The van der Waals surface area contributed by atoms with Crippen LogP contribution in [0.5, 0.6) is 0 Å². The van der Waals surface area contributed by atoms with Gasteiger partial charge in [0.1, 0.15) is 16.5 Å². The van der Waals surface area contributed by atoms with Crippen molar-refractivity contribution in [2.75, 3.05) is 5.01 Å². The summed E-state index contributed by atoms with van der Waals surface area (Å²) in [6.45, 7) is -0.0237. The van der Waals surface area contributed by atoms with Crippen molar-refractivity contribution >= 4 is 32.3 Å². The highest BCUT2D eigenvalue weighted by Gasteiger charge is 2.38. The third-order valence-corrected chi connectivity index (χ3v) is 5.99. The van der Waals surface area contributed by atoms with E-state index < -0.39 is 32.4 Å². The van der Waals surface area contributed by atoms with Crippen LogP contribution >= 0.6 is 0 Å². The average Bonchev–Trinajstić information content (AvgIpc) is 2.74. The Morgan fingerprint density at radius 1 is 0.967 bits per heavy atom. The first-order chi connectivity index (χ1) is 14.4. The fourth-order valence-corrected chi connectivity index (χ4v) is 4.19. The van der Waals surface area contributed by atoms with E-state index in [1.54, 1.807) is 0 Å². The van der Waals surface area contributed by atoms with Crippen molar-refractivity contribution in [3.63, 3.8) is 0 Å². The van der Waals surface area contributed by atoms with Crippen LogP contribution in [0.4, 0.5) is 20.3 Å². The van der Waals surface area contributed by atoms with E-state index in [4.69, 9.17) is 0 Å². The minimum Gasteiger partial charge on any atom is -0.346 e. The molecule has 1 aromatic heterocycles. The number of fused-ring (bicyclic) bond motifs is 1. The summed E-state index contributed by atoms with van der Waals surface area (Å²) in [5, 5.41) is 6.93. The van der Waals surface area contributed by atoms with Crippen LogP contribution in [0.3, 0.4) is 0 Å². The molecule has 0 bridgehead atoms. The first kappa shape index (κ1) is 19.6. The molecule has 4 rings (SSSR count). The third-order valence-electron chi connectivity index (χ3n) is 4.32. The van der Waals surface area contributed by atoms with Crippen molar-refractivity contribution in [1.82, 2.24) is 10.3 Å². The summed E-state index contributed by atoms with van der Waals surface area (Å²) in [7, 11) is -4.24. The van der Waals surface area contributed by atoms with Crippen molar-refractivity contribution in [2.24, 2.45) is 5.10 Å². The van der Waals surface area contributed by atoms with Crippen molar-refractivity contribution in [3.8, 4) is 0 Å². The van der Waals surface area contributed by atoms with Crippen LogP contribution in [-0.4, -0.2) is 24.4 Å². The number of amides is 1. The molecule has 0 radical (unpaired) electrons. The maximum Gasteiger partial charge on any atom is 0.284 e. The highest BCUT2D eigenvalue weighted by Crippen LogP contribution is 2.34. The summed E-state index contributed by atoms with van der Waals surface area (Å²) in [4.78, 5) is 16.6. The molecule has 0 saturated heterocycles. The minimum absolute atomic E-state index is 0.000747. The third kappa shape index (κ3) is 3.64. The lowest BCUT2D eigenvalue weighted by molar-refractivity contribution is -0.114. The number of halogens is 2. The van der Waals surface area contributed by atoms with Gasteiger partial charge in [-0.05, 0) is 54.1 Å². The quantitative estimate of drug-likeness (QED) is 0.690. The number of carbonyl (C=O) groups is 1. The predicted molar refractivity (Wildman–Crippen MR) is 106 cm³/mol. The molecule has 1 amide bonds. The van der Waals surface area contributed by atoms with Gasteiger partial charge in [0.25, 0.3) is 5.91 Å². The minimum atomic E-state index is -4.24. The number of aromatic nitrogens is 1. The van der Waals surface area contributed by atoms with Gasteiger partial charge in [0.05, 0.1) is 5.69 Å². The largest absolute Gasteiger partial charge is 0.346 e. The summed E-state index contributed by atoms with van der Waals surface area (Å²) in [6, 6.07) is 13.3. The molecule has 10 heteroatoms. The van der Waals surface area contributed by atoms with E-state index in [1.165, 1.54) is 71.9 Å². The normalized spacial score (nSPS) is 14.6. The van der Waals surface area contributed by atoms with Gasteiger partial charge >= 0.3 is 0 Å². The Hall–Kier alpha value is -3.66. The van der Waals surface area contributed by atoms with Crippen molar-refractivity contribution in [1.29, 1.82) is 0 Å². The van der Waals surface area contributed by atoms with Crippen molar-refractivity contribution in [3.05, 3.63) is 84.1 Å². The number of hydrogen-bond donors (Lipinski definition) is 1. The zero-order valence-corrected chi connectivity index (χ0v) is 16.1. The van der Waals surface area contributed by atoms with Gasteiger partial charge in [0, 0.05) is 12.7 Å². The van der Waals surface area contributed by atoms with Crippen LogP contribution in [-0.2, 0) is 21.2 Å². The van der Waals surface area contributed by atoms with Gasteiger partial charge < -0.3 is 5.32 Å². The van der Waals surface area contributed by atoms with Gasteiger partial charge in [-0.2, -0.15) is 0 Å². The zero-order valence-electron chi connectivity index (χ0n) is 15.3. The van der Waals surface area contributed by atoms with E-state index in [1.807, 2.05) is 0 Å². The maximum atomic E-state index is 13.3. The second kappa shape index (κ2) is 7.64. The SMILES string of the molecule is O=C(NCc1ccc(F)cc1)C1=NN(c2ccc(F)cc2)c2ncccc2S1(=O)=O. The first-order valence-corrected chi connectivity index (χ1v) is 10.2. The number of rotatable bonds is 4. The summed E-state index contributed by atoms with van der Waals surface area (Å²) < 4.78 is 52.3. The number of benzene rings is 2. The van der Waals surface area contributed by atoms with Crippen LogP contribution in [0, 0.1) is 11.6 Å². The van der Waals surface area contributed by atoms with Gasteiger partial charge in [0.2, 0.25) is 14.9 Å². The van der Waals surface area contributed by atoms with Crippen LogP contribution in [0.15, 0.2) is 76.9 Å². The highest BCUT2D eigenvalue weighted by molar-refractivity contribution is 8.08. The molecule has 0 atom stereocenters. The molecule has 1 N–H and O–H groups in total. The number of nitrogens with zero attached hydrogens (tertiary/aromatic N) is 3. The Labute approximate surface area is 170 Å². The Kier molecular flexibility index (Phi) is 5.00. The van der Waals surface area contributed by atoms with E-state index in [0.717, 1.165) is 0 Å². The number of hydrazone groups is 1. The molecule has 1 aliphatic rings. The number of sulfone groups is 1. The highest BCUT2D eigenvalue weighted by atomic mass is 32.2. The van der Waals surface area contributed by atoms with Gasteiger partial charge in [-0.3, -0.25) is 4.79 Å². The summed E-state index contributed by atoms with van der Waals surface area (Å²) >= 11 is 0. The Morgan fingerprint density at radius 3 is 2.27 bits per heavy atom. The molecule has 2 aromatic carbocycles. The number of anilines is 2. The molecular weight excluding hydrogens is 414 g/mol. The lowest BCUT2D eigenvalue weighted by Crippen LogP contribution is -2.40. The van der Waals surface area contributed by atoms with E-state index >= 15 is 0 Å². The number of hydrogen-bond acceptors (Lipinski definition) is 6. The number of carbonyl (C=O) groups excluding carboxylic acids is 1. The van der Waals surface area contributed by atoms with E-state index in [2.05, 4.69) is 15.4 Å². The van der Waals surface area contributed by atoms with Crippen LogP contribution in [0.25, 0.3) is 0 Å². The van der Waals surface area contributed by atoms with Gasteiger partial charge in [-0.15, -0.1) is 5.10 Å². The van der Waals surface area contributed by atoms with Crippen LogP contribution in [0.1, 0.15) is 5.56 Å². The molecule has 1 aliphatic heterocycles. The topological polar surface area (TPSA) is 91.7 Å². The number of nitrogens with one attached hydrogen (secondary N) is 1. The fourth-order valence-electron chi connectivity index (χ4n) is 2.84. The van der Waals surface area contributed by atoms with Crippen LogP contribution in [0.2, 0.25) is 0 Å². The fraction of sp³-hybridized carbons (Fsp3) is 0.0500. The molecule has 7 nitrogen and oxygen atoms in total. The maximum absolute atomic E-state index is 13.3. The molecule has 0 fully saturated rings. The lowest BCUT2D eigenvalue weighted by Gasteiger charge is -2.25. The molecule has 30 heavy (non-hydrogen) atoms. The smallest absolute Gasteiger partial charge is 0.284 e. The Balaban J connectivity index is 1.71. The molecule has 0 spiro atoms. The molecular formula is C20H14F2N4O3S. The Bertz CT molecular complexity index is 1240. The van der Waals surface area contributed by atoms with Crippen LogP contribution < -0.4 is 10.3 Å². The van der Waals surface area contributed by atoms with Gasteiger partial charge in [-0.1, -0.05) is 12.1 Å². The van der Waals surface area contributed by atoms with E-state index in [9.17, 15) is 22.0 Å². The second-order valence-corrected chi connectivity index (χ2v) is 8.16. The Morgan fingerprint density at radius 2 is 1.60 bits per heavy atom. The molecule has 0 aliphatic carbocycles. The van der Waals surface area contributed by atoms with Crippen molar-refractivity contribution < 1.29 is 22.0 Å². The molecule has 2 heterocycles. The second-order valence-electron chi connectivity index (χ2n) is 6.33. The first-order valence-electron chi connectivity index (χ1n) is 8.73. The molecule has 0 unspecified atom stereocenters. The summed E-state index contributed by atoms with van der Waals surface area (Å²) in [5.74, 6) is -1.84. The summed E-state index contributed by atoms with van der Waals surface area (Å²) in [5.41, 5.74) is 0.908.